The summed E-state index contributed by atoms with van der Waals surface area (Å²) >= 11 is 9.08. The summed E-state index contributed by atoms with van der Waals surface area (Å²) in [4.78, 5) is 20.0. The van der Waals surface area contributed by atoms with Crippen molar-refractivity contribution in [3.63, 3.8) is 0 Å². The number of aromatic nitrogens is 1. The van der Waals surface area contributed by atoms with E-state index in [4.69, 9.17) is 16.3 Å². The van der Waals surface area contributed by atoms with Crippen LogP contribution in [0.3, 0.4) is 0 Å². The van der Waals surface area contributed by atoms with E-state index in [1.54, 1.807) is 28.4 Å². The fourth-order valence-electron chi connectivity index (χ4n) is 2.46. The maximum atomic E-state index is 12.7. The minimum atomic E-state index is -0.00121. The van der Waals surface area contributed by atoms with Gasteiger partial charge in [-0.2, -0.15) is 0 Å². The Kier molecular flexibility index (Phi) is 6.29. The topological polar surface area (TPSA) is 42.4 Å². The molecule has 3 rings (SSSR count). The summed E-state index contributed by atoms with van der Waals surface area (Å²) in [6.45, 7) is 5.57. The Morgan fingerprint density at radius 3 is 2.58 bits per heavy atom. The predicted octanol–water partition coefficient (Wildman–Crippen LogP) is 5.41. The molecule has 4 nitrogen and oxygen atoms in total. The van der Waals surface area contributed by atoms with Gasteiger partial charge in [-0.3, -0.25) is 4.79 Å². The highest BCUT2D eigenvalue weighted by molar-refractivity contribution is 7.16. The Bertz CT molecular complexity index is 874. The molecular formula is C19H19ClN2O2S2. The van der Waals surface area contributed by atoms with Gasteiger partial charge in [0.2, 0.25) is 0 Å². The van der Waals surface area contributed by atoms with E-state index < -0.39 is 0 Å². The summed E-state index contributed by atoms with van der Waals surface area (Å²) < 4.78 is 6.47. The van der Waals surface area contributed by atoms with Crippen molar-refractivity contribution >= 4 is 40.2 Å². The molecule has 0 unspecified atom stereocenters. The van der Waals surface area contributed by atoms with Crippen LogP contribution in [-0.2, 0) is 13.2 Å². The van der Waals surface area contributed by atoms with Crippen LogP contribution in [0.4, 0.5) is 0 Å². The molecule has 2 heterocycles. The fourth-order valence-corrected chi connectivity index (χ4v) is 4.16. The van der Waals surface area contributed by atoms with Crippen molar-refractivity contribution in [2.24, 2.45) is 0 Å². The standard InChI is InChI=1S/C19H19ClN2O2S2/c1-3-22(10-17-8-9-18(20)26-17)19(23)14-4-6-16(7-5-14)24-11-15-12-25-13(2)21-15/h4-9,12H,3,10-11H2,1-2H3. The van der Waals surface area contributed by atoms with Gasteiger partial charge in [0.15, 0.2) is 0 Å². The quantitative estimate of drug-likeness (QED) is 0.527. The van der Waals surface area contributed by atoms with Crippen molar-refractivity contribution in [2.45, 2.75) is 27.0 Å². The minimum absolute atomic E-state index is 0.00121. The van der Waals surface area contributed by atoms with Gasteiger partial charge in [0.05, 0.1) is 21.6 Å². The van der Waals surface area contributed by atoms with Crippen LogP contribution in [0, 0.1) is 6.92 Å². The number of thiophene rings is 1. The second-order valence-electron chi connectivity index (χ2n) is 5.70. The molecule has 136 valence electrons. The van der Waals surface area contributed by atoms with Crippen molar-refractivity contribution in [1.82, 2.24) is 9.88 Å². The number of aryl methyl sites for hydroxylation is 1. The van der Waals surface area contributed by atoms with Crippen LogP contribution in [0.5, 0.6) is 5.75 Å². The normalized spacial score (nSPS) is 10.7. The van der Waals surface area contributed by atoms with Crippen LogP contribution in [0.15, 0.2) is 41.8 Å². The van der Waals surface area contributed by atoms with Crippen LogP contribution in [0.2, 0.25) is 4.34 Å². The molecule has 1 aromatic carbocycles. The first kappa shape index (κ1) is 18.9. The first-order chi connectivity index (χ1) is 12.5. The third kappa shape index (κ3) is 4.84. The Morgan fingerprint density at radius 1 is 1.23 bits per heavy atom. The molecule has 0 saturated carbocycles. The largest absolute Gasteiger partial charge is 0.487 e. The molecule has 0 radical (unpaired) electrons. The van der Waals surface area contributed by atoms with Gasteiger partial charge in [-0.25, -0.2) is 4.98 Å². The number of hydrogen-bond donors (Lipinski definition) is 0. The van der Waals surface area contributed by atoms with E-state index in [-0.39, 0.29) is 5.91 Å². The molecule has 0 bridgehead atoms. The van der Waals surface area contributed by atoms with Crippen molar-refractivity contribution in [2.75, 3.05) is 6.54 Å². The van der Waals surface area contributed by atoms with E-state index in [0.717, 1.165) is 25.7 Å². The number of thiazole rings is 1. The van der Waals surface area contributed by atoms with Crippen LogP contribution >= 0.6 is 34.3 Å². The van der Waals surface area contributed by atoms with E-state index in [0.29, 0.717) is 25.3 Å². The Balaban J connectivity index is 1.61. The highest BCUT2D eigenvalue weighted by Crippen LogP contribution is 2.23. The second-order valence-corrected chi connectivity index (χ2v) is 8.56. The van der Waals surface area contributed by atoms with Crippen LogP contribution < -0.4 is 4.74 Å². The Labute approximate surface area is 166 Å². The molecule has 2 aromatic heterocycles. The lowest BCUT2D eigenvalue weighted by atomic mass is 10.2. The summed E-state index contributed by atoms with van der Waals surface area (Å²) in [7, 11) is 0. The van der Waals surface area contributed by atoms with E-state index in [2.05, 4.69) is 4.98 Å². The smallest absolute Gasteiger partial charge is 0.254 e. The van der Waals surface area contributed by atoms with Gasteiger partial charge in [-0.15, -0.1) is 22.7 Å². The lowest BCUT2D eigenvalue weighted by molar-refractivity contribution is 0.0754. The molecule has 0 fully saturated rings. The van der Waals surface area contributed by atoms with Crippen molar-refractivity contribution in [3.8, 4) is 5.75 Å². The number of nitrogens with zero attached hydrogens (tertiary/aromatic N) is 2. The van der Waals surface area contributed by atoms with Crippen molar-refractivity contribution in [3.05, 3.63) is 67.3 Å². The average molecular weight is 407 g/mol. The first-order valence-corrected chi connectivity index (χ1v) is 10.3. The molecule has 0 saturated heterocycles. The molecule has 0 atom stereocenters. The van der Waals surface area contributed by atoms with Gasteiger partial charge in [0, 0.05) is 22.4 Å². The zero-order chi connectivity index (χ0) is 18.5. The lowest BCUT2D eigenvalue weighted by Crippen LogP contribution is -2.29. The minimum Gasteiger partial charge on any atom is -0.487 e. The maximum Gasteiger partial charge on any atom is 0.254 e. The first-order valence-electron chi connectivity index (χ1n) is 8.22. The summed E-state index contributed by atoms with van der Waals surface area (Å²) in [5.41, 5.74) is 1.56. The van der Waals surface area contributed by atoms with E-state index >= 15 is 0 Å². The number of halogens is 1. The number of amides is 1. The fraction of sp³-hybridized carbons (Fsp3) is 0.263. The Hall–Kier alpha value is -1.89. The van der Waals surface area contributed by atoms with Crippen LogP contribution in [-0.4, -0.2) is 22.3 Å². The number of carbonyl (C=O) groups excluding carboxylic acids is 1. The van der Waals surface area contributed by atoms with Crippen LogP contribution in [0.25, 0.3) is 0 Å². The molecule has 0 N–H and O–H groups in total. The molecular weight excluding hydrogens is 388 g/mol. The SMILES string of the molecule is CCN(Cc1ccc(Cl)s1)C(=O)c1ccc(OCc2csc(C)n2)cc1. The molecule has 0 spiro atoms. The van der Waals surface area contributed by atoms with Gasteiger partial charge in [-0.1, -0.05) is 11.6 Å². The van der Waals surface area contributed by atoms with Gasteiger partial charge in [0.25, 0.3) is 5.91 Å². The Morgan fingerprint density at radius 2 is 2.00 bits per heavy atom. The summed E-state index contributed by atoms with van der Waals surface area (Å²) in [6, 6.07) is 11.1. The summed E-state index contributed by atoms with van der Waals surface area (Å²) in [6.07, 6.45) is 0. The molecule has 0 aliphatic carbocycles. The summed E-state index contributed by atoms with van der Waals surface area (Å²) in [5, 5.41) is 3.01. The molecule has 3 aromatic rings. The second kappa shape index (κ2) is 8.66. The lowest BCUT2D eigenvalue weighted by Gasteiger charge is -2.20. The molecule has 0 aliphatic heterocycles. The molecule has 7 heteroatoms. The number of rotatable bonds is 7. The predicted molar refractivity (Wildman–Crippen MR) is 107 cm³/mol. The van der Waals surface area contributed by atoms with E-state index in [9.17, 15) is 4.79 Å². The molecule has 0 aliphatic rings. The number of hydrogen-bond acceptors (Lipinski definition) is 5. The van der Waals surface area contributed by atoms with E-state index in [1.807, 2.05) is 43.5 Å². The zero-order valence-corrected chi connectivity index (χ0v) is 17.0. The van der Waals surface area contributed by atoms with E-state index in [1.165, 1.54) is 11.3 Å². The number of carbonyl (C=O) groups is 1. The number of benzene rings is 1. The van der Waals surface area contributed by atoms with Gasteiger partial charge in [-0.05, 0) is 50.2 Å². The molecule has 1 amide bonds. The monoisotopic (exact) mass is 406 g/mol. The number of ether oxygens (including phenoxy) is 1. The highest BCUT2D eigenvalue weighted by Gasteiger charge is 2.15. The average Bonchev–Trinajstić information content (AvgIpc) is 3.25. The highest BCUT2D eigenvalue weighted by atomic mass is 35.5. The third-order valence-corrected chi connectivity index (χ3v) is 5.84. The van der Waals surface area contributed by atoms with Gasteiger partial charge in [0.1, 0.15) is 12.4 Å². The zero-order valence-electron chi connectivity index (χ0n) is 14.6. The van der Waals surface area contributed by atoms with Crippen LogP contribution in [0.1, 0.15) is 32.9 Å². The molecule has 26 heavy (non-hydrogen) atoms. The van der Waals surface area contributed by atoms with Crippen molar-refractivity contribution < 1.29 is 9.53 Å². The third-order valence-electron chi connectivity index (χ3n) is 3.80. The summed E-state index contributed by atoms with van der Waals surface area (Å²) in [5.74, 6) is 0.721. The van der Waals surface area contributed by atoms with Gasteiger partial charge >= 0.3 is 0 Å². The van der Waals surface area contributed by atoms with Gasteiger partial charge < -0.3 is 9.64 Å². The maximum absolute atomic E-state index is 12.7. The van der Waals surface area contributed by atoms with Crippen molar-refractivity contribution in [1.29, 1.82) is 0 Å².